The molecule has 2 rings (SSSR count). The minimum absolute atomic E-state index is 0.225. The van der Waals surface area contributed by atoms with Crippen LogP contribution in [0.2, 0.25) is 0 Å². The molecule has 0 aliphatic carbocycles. The molecule has 0 radical (unpaired) electrons. The zero-order valence-corrected chi connectivity index (χ0v) is 12.7. The Bertz CT molecular complexity index is 601. The van der Waals surface area contributed by atoms with Crippen molar-refractivity contribution in [3.05, 3.63) is 51.7 Å². The van der Waals surface area contributed by atoms with Crippen molar-refractivity contribution >= 4 is 11.3 Å². The molecule has 2 N–H and O–H groups in total. The molecule has 1 aromatic carbocycles. The van der Waals surface area contributed by atoms with E-state index < -0.39 is 6.10 Å². The number of thiophene rings is 1. The number of benzene rings is 1. The molecule has 0 aliphatic heterocycles. The van der Waals surface area contributed by atoms with E-state index in [4.69, 9.17) is 10.00 Å². The molecule has 2 aromatic rings. The van der Waals surface area contributed by atoms with Crippen molar-refractivity contribution in [1.82, 2.24) is 5.32 Å². The largest absolute Gasteiger partial charge is 0.491 e. The van der Waals surface area contributed by atoms with Crippen molar-refractivity contribution in [2.75, 3.05) is 13.2 Å². The second-order valence-electron chi connectivity index (χ2n) is 4.76. The molecule has 0 fully saturated rings. The summed E-state index contributed by atoms with van der Waals surface area (Å²) in [5.74, 6) is 0.655. The number of ether oxygens (including phenoxy) is 1. The Morgan fingerprint density at radius 2 is 2.10 bits per heavy atom. The Morgan fingerprint density at radius 3 is 2.71 bits per heavy atom. The number of nitrogens with zero attached hydrogens (tertiary/aromatic N) is 1. The van der Waals surface area contributed by atoms with Crippen molar-refractivity contribution in [2.24, 2.45) is 0 Å². The van der Waals surface area contributed by atoms with Gasteiger partial charge in [0.2, 0.25) is 0 Å². The monoisotopic (exact) mass is 302 g/mol. The predicted octanol–water partition coefficient (Wildman–Crippen LogP) is 2.46. The van der Waals surface area contributed by atoms with E-state index in [1.165, 1.54) is 10.4 Å². The van der Waals surface area contributed by atoms with Gasteiger partial charge in [0.15, 0.2) is 0 Å². The second kappa shape index (κ2) is 7.79. The third-order valence-corrected chi connectivity index (χ3v) is 4.08. The van der Waals surface area contributed by atoms with Gasteiger partial charge in [-0.3, -0.25) is 0 Å². The minimum atomic E-state index is -0.569. The van der Waals surface area contributed by atoms with E-state index in [9.17, 15) is 5.11 Å². The molecule has 0 amide bonds. The summed E-state index contributed by atoms with van der Waals surface area (Å²) in [6, 6.07) is 11.0. The lowest BCUT2D eigenvalue weighted by atomic mass is 10.2. The Labute approximate surface area is 128 Å². The maximum absolute atomic E-state index is 9.87. The van der Waals surface area contributed by atoms with E-state index in [1.54, 1.807) is 35.6 Å². The second-order valence-corrected chi connectivity index (χ2v) is 5.76. The van der Waals surface area contributed by atoms with Crippen LogP contribution in [-0.2, 0) is 6.54 Å². The van der Waals surface area contributed by atoms with Gasteiger partial charge in [-0.25, -0.2) is 0 Å². The molecule has 1 atom stereocenters. The van der Waals surface area contributed by atoms with Crippen LogP contribution >= 0.6 is 11.3 Å². The fourth-order valence-electron chi connectivity index (χ4n) is 1.81. The molecule has 0 spiro atoms. The van der Waals surface area contributed by atoms with Gasteiger partial charge in [-0.15, -0.1) is 11.3 Å². The van der Waals surface area contributed by atoms with E-state index in [-0.39, 0.29) is 6.61 Å². The van der Waals surface area contributed by atoms with Gasteiger partial charge in [0.1, 0.15) is 18.5 Å². The van der Waals surface area contributed by atoms with E-state index in [1.807, 2.05) is 0 Å². The van der Waals surface area contributed by atoms with Gasteiger partial charge in [-0.2, -0.15) is 5.26 Å². The SMILES string of the molecule is Cc1ccsc1CNCC(O)COc1ccc(C#N)cc1. The average molecular weight is 302 g/mol. The molecule has 0 bridgehead atoms. The van der Waals surface area contributed by atoms with Gasteiger partial charge >= 0.3 is 0 Å². The van der Waals surface area contributed by atoms with Crippen molar-refractivity contribution < 1.29 is 9.84 Å². The zero-order valence-electron chi connectivity index (χ0n) is 11.9. The summed E-state index contributed by atoms with van der Waals surface area (Å²) in [6.07, 6.45) is -0.569. The molecule has 0 aliphatic rings. The highest BCUT2D eigenvalue weighted by Gasteiger charge is 2.06. The molecular weight excluding hydrogens is 284 g/mol. The van der Waals surface area contributed by atoms with Crippen molar-refractivity contribution in [3.63, 3.8) is 0 Å². The van der Waals surface area contributed by atoms with Gasteiger partial charge < -0.3 is 15.2 Å². The van der Waals surface area contributed by atoms with E-state index in [0.29, 0.717) is 17.9 Å². The van der Waals surface area contributed by atoms with Crippen LogP contribution in [0, 0.1) is 18.3 Å². The number of hydrogen-bond acceptors (Lipinski definition) is 5. The summed E-state index contributed by atoms with van der Waals surface area (Å²) in [7, 11) is 0. The average Bonchev–Trinajstić information content (AvgIpc) is 2.91. The third kappa shape index (κ3) is 4.87. The number of aliphatic hydroxyl groups is 1. The van der Waals surface area contributed by atoms with Gasteiger partial charge in [-0.1, -0.05) is 0 Å². The normalized spacial score (nSPS) is 11.9. The molecule has 1 unspecified atom stereocenters. The molecule has 0 saturated carbocycles. The number of rotatable bonds is 7. The first kappa shape index (κ1) is 15.5. The van der Waals surface area contributed by atoms with Crippen LogP contribution in [0.3, 0.4) is 0 Å². The topological polar surface area (TPSA) is 65.3 Å². The highest BCUT2D eigenvalue weighted by Crippen LogP contribution is 2.15. The lowest BCUT2D eigenvalue weighted by Gasteiger charge is -2.13. The maximum atomic E-state index is 9.87. The summed E-state index contributed by atoms with van der Waals surface area (Å²) in [5.41, 5.74) is 1.87. The summed E-state index contributed by atoms with van der Waals surface area (Å²) >= 11 is 1.71. The quantitative estimate of drug-likeness (QED) is 0.824. The van der Waals surface area contributed by atoms with Crippen molar-refractivity contribution in [3.8, 4) is 11.8 Å². The maximum Gasteiger partial charge on any atom is 0.119 e. The zero-order chi connectivity index (χ0) is 15.1. The van der Waals surface area contributed by atoms with Gasteiger partial charge in [0, 0.05) is 18.0 Å². The predicted molar refractivity (Wildman–Crippen MR) is 83.4 cm³/mol. The Balaban J connectivity index is 1.68. The Morgan fingerprint density at radius 1 is 1.33 bits per heavy atom. The number of hydrogen-bond donors (Lipinski definition) is 2. The van der Waals surface area contributed by atoms with Crippen LogP contribution in [0.1, 0.15) is 16.0 Å². The van der Waals surface area contributed by atoms with Crippen molar-refractivity contribution in [1.29, 1.82) is 5.26 Å². The fraction of sp³-hybridized carbons (Fsp3) is 0.312. The highest BCUT2D eigenvalue weighted by atomic mass is 32.1. The molecule has 110 valence electrons. The van der Waals surface area contributed by atoms with Crippen LogP contribution in [0.15, 0.2) is 35.7 Å². The number of aryl methyl sites for hydroxylation is 1. The number of nitriles is 1. The molecule has 0 saturated heterocycles. The minimum Gasteiger partial charge on any atom is -0.491 e. The van der Waals surface area contributed by atoms with E-state index in [0.717, 1.165) is 6.54 Å². The highest BCUT2D eigenvalue weighted by molar-refractivity contribution is 7.10. The molecule has 21 heavy (non-hydrogen) atoms. The number of aliphatic hydroxyl groups excluding tert-OH is 1. The molecule has 1 aromatic heterocycles. The molecule has 1 heterocycles. The smallest absolute Gasteiger partial charge is 0.119 e. The van der Waals surface area contributed by atoms with Crippen LogP contribution < -0.4 is 10.1 Å². The van der Waals surface area contributed by atoms with Crippen molar-refractivity contribution in [2.45, 2.75) is 19.6 Å². The summed E-state index contributed by atoms with van der Waals surface area (Å²) in [4.78, 5) is 1.29. The van der Waals surface area contributed by atoms with Crippen LogP contribution in [0.25, 0.3) is 0 Å². The Kier molecular flexibility index (Phi) is 5.76. The van der Waals surface area contributed by atoms with Gasteiger partial charge in [-0.05, 0) is 48.2 Å². The lowest BCUT2D eigenvalue weighted by molar-refractivity contribution is 0.106. The standard InChI is InChI=1S/C16H18N2O2S/c1-12-6-7-21-16(12)10-18-9-14(19)11-20-15-4-2-13(8-17)3-5-15/h2-7,14,18-19H,9-11H2,1H3. The van der Waals surface area contributed by atoms with Crippen LogP contribution in [0.5, 0.6) is 5.75 Å². The third-order valence-electron chi connectivity index (χ3n) is 3.06. The summed E-state index contributed by atoms with van der Waals surface area (Å²) in [5, 5.41) is 23.9. The van der Waals surface area contributed by atoms with E-state index in [2.05, 4.69) is 29.8 Å². The fourth-order valence-corrected chi connectivity index (χ4v) is 2.69. The molecule has 5 heteroatoms. The lowest BCUT2D eigenvalue weighted by Crippen LogP contribution is -2.31. The summed E-state index contributed by atoms with van der Waals surface area (Å²) < 4.78 is 5.48. The molecular formula is C16H18N2O2S. The van der Waals surface area contributed by atoms with Gasteiger partial charge in [0.05, 0.1) is 11.6 Å². The van der Waals surface area contributed by atoms with Crippen LogP contribution in [-0.4, -0.2) is 24.4 Å². The Hall–Kier alpha value is -1.87. The first-order valence-electron chi connectivity index (χ1n) is 6.73. The first-order chi connectivity index (χ1) is 10.2. The van der Waals surface area contributed by atoms with E-state index >= 15 is 0 Å². The first-order valence-corrected chi connectivity index (χ1v) is 7.61. The number of nitrogens with one attached hydrogen (secondary N) is 1. The summed E-state index contributed by atoms with van der Waals surface area (Å²) in [6.45, 7) is 3.55. The van der Waals surface area contributed by atoms with Gasteiger partial charge in [0.25, 0.3) is 0 Å². The molecule has 4 nitrogen and oxygen atoms in total. The van der Waals surface area contributed by atoms with Crippen LogP contribution in [0.4, 0.5) is 0 Å².